The minimum absolute atomic E-state index is 0.177. The predicted molar refractivity (Wildman–Crippen MR) is 121 cm³/mol. The number of halogens is 1. The average Bonchev–Trinajstić information content (AvgIpc) is 2.77. The molecule has 0 aliphatic heterocycles. The van der Waals surface area contributed by atoms with Crippen molar-refractivity contribution < 1.29 is 0 Å². The van der Waals surface area contributed by atoms with Crippen molar-refractivity contribution in [3.8, 4) is 11.4 Å². The van der Waals surface area contributed by atoms with Gasteiger partial charge >= 0.3 is 0 Å². The summed E-state index contributed by atoms with van der Waals surface area (Å²) in [7, 11) is 0. The molecule has 7 heteroatoms. The Morgan fingerprint density at radius 2 is 1.60 bits per heavy atom. The molecule has 146 valence electrons. The highest BCUT2D eigenvalue weighted by molar-refractivity contribution is 9.10. The summed E-state index contributed by atoms with van der Waals surface area (Å²) in [5.41, 5.74) is 2.94. The topological polar surface area (TPSA) is 91.5 Å². The Bertz CT molecular complexity index is 1520. The molecule has 0 saturated heterocycles. The number of fused-ring (bicyclic) bond motifs is 2. The van der Waals surface area contributed by atoms with Crippen LogP contribution in [0.2, 0.25) is 0 Å². The molecule has 5 aromatic rings. The average molecular weight is 459 g/mol. The quantitative estimate of drug-likeness (QED) is 0.424. The number of benzene rings is 3. The highest BCUT2D eigenvalue weighted by Crippen LogP contribution is 2.21. The maximum atomic E-state index is 12.4. The fourth-order valence-electron chi connectivity index (χ4n) is 3.53. The summed E-state index contributed by atoms with van der Waals surface area (Å²) in [5, 5.41) is 8.82. The molecule has 0 fully saturated rings. The number of aromatic nitrogens is 4. The van der Waals surface area contributed by atoms with Crippen molar-refractivity contribution in [3.63, 3.8) is 0 Å². The fourth-order valence-corrected chi connectivity index (χ4v) is 3.89. The van der Waals surface area contributed by atoms with Crippen LogP contribution in [0, 0.1) is 0 Å². The van der Waals surface area contributed by atoms with Crippen LogP contribution in [0.4, 0.5) is 0 Å². The van der Waals surface area contributed by atoms with E-state index in [2.05, 4.69) is 36.1 Å². The highest BCUT2D eigenvalue weighted by Gasteiger charge is 2.09. The Hall–Kier alpha value is -3.58. The normalized spacial score (nSPS) is 11.2. The van der Waals surface area contributed by atoms with E-state index in [1.807, 2.05) is 54.6 Å². The minimum atomic E-state index is -0.192. The number of hydrogen-bond acceptors (Lipinski definition) is 4. The molecule has 2 heterocycles. The van der Waals surface area contributed by atoms with Crippen molar-refractivity contribution in [2.45, 2.75) is 6.42 Å². The van der Waals surface area contributed by atoms with Crippen molar-refractivity contribution >= 4 is 37.6 Å². The molecule has 30 heavy (non-hydrogen) atoms. The molecular weight excluding hydrogens is 444 g/mol. The van der Waals surface area contributed by atoms with Gasteiger partial charge in [-0.15, -0.1) is 0 Å². The Morgan fingerprint density at radius 1 is 0.833 bits per heavy atom. The van der Waals surface area contributed by atoms with E-state index in [1.165, 1.54) is 0 Å². The lowest BCUT2D eigenvalue weighted by atomic mass is 10.0. The van der Waals surface area contributed by atoms with Crippen molar-refractivity contribution in [3.05, 3.63) is 103 Å². The third-order valence-electron chi connectivity index (χ3n) is 5.04. The smallest absolute Gasteiger partial charge is 0.272 e. The summed E-state index contributed by atoms with van der Waals surface area (Å²) < 4.78 is 0.836. The van der Waals surface area contributed by atoms with Crippen LogP contribution in [0.25, 0.3) is 33.1 Å². The van der Waals surface area contributed by atoms with Gasteiger partial charge in [-0.1, -0.05) is 58.4 Å². The van der Waals surface area contributed by atoms with Crippen LogP contribution in [0.5, 0.6) is 0 Å². The van der Waals surface area contributed by atoms with Gasteiger partial charge < -0.3 is 4.98 Å². The molecule has 0 aliphatic carbocycles. The van der Waals surface area contributed by atoms with E-state index in [0.717, 1.165) is 26.7 Å². The highest BCUT2D eigenvalue weighted by atomic mass is 79.9. The number of hydrogen-bond donors (Lipinski definition) is 2. The molecule has 5 rings (SSSR count). The number of aromatic amines is 2. The number of nitrogens with one attached hydrogen (secondary N) is 2. The van der Waals surface area contributed by atoms with Crippen LogP contribution in [-0.4, -0.2) is 20.2 Å². The first-order valence-electron chi connectivity index (χ1n) is 9.34. The molecule has 0 radical (unpaired) electrons. The van der Waals surface area contributed by atoms with Crippen LogP contribution in [-0.2, 0) is 6.42 Å². The molecule has 0 unspecified atom stereocenters. The lowest BCUT2D eigenvalue weighted by molar-refractivity contribution is 0.934. The second-order valence-electron chi connectivity index (χ2n) is 6.99. The van der Waals surface area contributed by atoms with E-state index in [0.29, 0.717) is 28.5 Å². The van der Waals surface area contributed by atoms with Crippen molar-refractivity contribution in [2.75, 3.05) is 0 Å². The first-order chi connectivity index (χ1) is 14.6. The SMILES string of the molecule is O=c1[nH]c(-c2ccc(Cc3n[nH]c(=O)c4ccccc34)cc2)nc2ccc(Br)cc12. The standard InChI is InChI=1S/C23H15BrN4O2/c24-15-9-10-19-18(12-15)22(29)26-21(25-19)14-7-5-13(6-8-14)11-20-16-3-1-2-4-17(16)23(30)28-27-20/h1-10,12H,11H2,(H,28,30)(H,25,26,29). The second kappa shape index (κ2) is 7.35. The second-order valence-corrected chi connectivity index (χ2v) is 7.91. The van der Waals surface area contributed by atoms with Crippen LogP contribution in [0.15, 0.2) is 80.8 Å². The van der Waals surface area contributed by atoms with Crippen LogP contribution < -0.4 is 11.1 Å². The minimum Gasteiger partial charge on any atom is -0.306 e. The summed E-state index contributed by atoms with van der Waals surface area (Å²) in [5.74, 6) is 0.522. The van der Waals surface area contributed by atoms with E-state index in [-0.39, 0.29) is 11.1 Å². The van der Waals surface area contributed by atoms with Crippen molar-refractivity contribution in [1.82, 2.24) is 20.2 Å². The molecule has 0 saturated carbocycles. The first kappa shape index (κ1) is 18.4. The number of rotatable bonds is 3. The van der Waals surface area contributed by atoms with Gasteiger partial charge in [0.05, 0.1) is 22.0 Å². The molecule has 0 atom stereocenters. The van der Waals surface area contributed by atoms with E-state index in [4.69, 9.17) is 0 Å². The molecule has 6 nitrogen and oxygen atoms in total. The Kier molecular flexibility index (Phi) is 4.52. The Labute approximate surface area is 178 Å². The molecule has 3 aromatic carbocycles. The van der Waals surface area contributed by atoms with Crippen LogP contribution in [0.3, 0.4) is 0 Å². The lowest BCUT2D eigenvalue weighted by Gasteiger charge is -2.07. The zero-order valence-corrected chi connectivity index (χ0v) is 17.2. The molecule has 0 bridgehead atoms. The molecule has 0 amide bonds. The van der Waals surface area contributed by atoms with Gasteiger partial charge in [-0.2, -0.15) is 5.10 Å². The summed E-state index contributed by atoms with van der Waals surface area (Å²) in [4.78, 5) is 31.8. The van der Waals surface area contributed by atoms with E-state index in [1.54, 1.807) is 12.1 Å². The third kappa shape index (κ3) is 3.33. The van der Waals surface area contributed by atoms with Gasteiger partial charge in [0.1, 0.15) is 5.82 Å². The van der Waals surface area contributed by atoms with Gasteiger partial charge in [-0.05, 0) is 29.8 Å². The molecule has 0 spiro atoms. The van der Waals surface area contributed by atoms with E-state index in [9.17, 15) is 9.59 Å². The van der Waals surface area contributed by atoms with E-state index >= 15 is 0 Å². The first-order valence-corrected chi connectivity index (χ1v) is 10.1. The monoisotopic (exact) mass is 458 g/mol. The molecule has 0 aliphatic rings. The lowest BCUT2D eigenvalue weighted by Crippen LogP contribution is -2.11. The van der Waals surface area contributed by atoms with Crippen LogP contribution in [0.1, 0.15) is 11.3 Å². The maximum Gasteiger partial charge on any atom is 0.272 e. The van der Waals surface area contributed by atoms with Gasteiger partial charge in [0.15, 0.2) is 0 Å². The largest absolute Gasteiger partial charge is 0.306 e. The van der Waals surface area contributed by atoms with Crippen LogP contribution >= 0.6 is 15.9 Å². The van der Waals surface area contributed by atoms with Gasteiger partial charge in [0, 0.05) is 21.8 Å². The zero-order chi connectivity index (χ0) is 20.7. The predicted octanol–water partition coefficient (Wildman–Crippen LogP) is 4.18. The Balaban J connectivity index is 1.49. The number of H-pyrrole nitrogens is 2. The van der Waals surface area contributed by atoms with Gasteiger partial charge in [0.25, 0.3) is 11.1 Å². The molecular formula is C23H15BrN4O2. The van der Waals surface area contributed by atoms with Gasteiger partial charge in [-0.3, -0.25) is 9.59 Å². The van der Waals surface area contributed by atoms with Gasteiger partial charge in [0.2, 0.25) is 0 Å². The van der Waals surface area contributed by atoms with E-state index < -0.39 is 0 Å². The Morgan fingerprint density at radius 3 is 2.40 bits per heavy atom. The van der Waals surface area contributed by atoms with Crippen molar-refractivity contribution in [1.29, 1.82) is 0 Å². The summed E-state index contributed by atoms with van der Waals surface area (Å²) in [6.45, 7) is 0. The maximum absolute atomic E-state index is 12.4. The summed E-state index contributed by atoms with van der Waals surface area (Å²) in [6, 6.07) is 20.7. The summed E-state index contributed by atoms with van der Waals surface area (Å²) in [6.07, 6.45) is 0.577. The zero-order valence-electron chi connectivity index (χ0n) is 15.6. The number of nitrogens with zero attached hydrogens (tertiary/aromatic N) is 2. The summed E-state index contributed by atoms with van der Waals surface area (Å²) >= 11 is 3.38. The third-order valence-corrected chi connectivity index (χ3v) is 5.53. The van der Waals surface area contributed by atoms with Gasteiger partial charge in [-0.25, -0.2) is 10.1 Å². The molecule has 2 aromatic heterocycles. The fraction of sp³-hybridized carbons (Fsp3) is 0.0435. The molecule has 2 N–H and O–H groups in total. The van der Waals surface area contributed by atoms with Crippen molar-refractivity contribution in [2.24, 2.45) is 0 Å².